The zero-order valence-electron chi connectivity index (χ0n) is 23.6. The highest BCUT2D eigenvalue weighted by Crippen LogP contribution is 2.38. The average molecular weight is 485 g/mol. The molecule has 0 fully saturated rings. The van der Waals surface area contributed by atoms with Crippen LogP contribution >= 0.6 is 0 Å². The monoisotopic (exact) mass is 484 g/mol. The van der Waals surface area contributed by atoms with Gasteiger partial charge in [0.2, 0.25) is 11.4 Å². The van der Waals surface area contributed by atoms with Crippen LogP contribution in [0.4, 0.5) is 0 Å². The summed E-state index contributed by atoms with van der Waals surface area (Å²) >= 11 is 0. The van der Waals surface area contributed by atoms with Crippen LogP contribution in [0.15, 0.2) is 48.0 Å². The largest absolute Gasteiger partial charge is 0.493 e. The number of benzene rings is 2. The summed E-state index contributed by atoms with van der Waals surface area (Å²) in [7, 11) is 0. The van der Waals surface area contributed by atoms with Gasteiger partial charge in [0.25, 0.3) is 0 Å². The Morgan fingerprint density at radius 3 is 1.50 bits per heavy atom. The lowest BCUT2D eigenvalue weighted by Crippen LogP contribution is -2.05. The van der Waals surface area contributed by atoms with E-state index in [-0.39, 0.29) is 0 Å². The average Bonchev–Trinajstić information content (AvgIpc) is 3.24. The van der Waals surface area contributed by atoms with Gasteiger partial charge in [0, 0.05) is 22.8 Å². The molecule has 194 valence electrons. The minimum atomic E-state index is 0.898. The molecule has 2 aromatic carbocycles. The van der Waals surface area contributed by atoms with Crippen LogP contribution in [-0.4, -0.2) is 4.70 Å². The number of aryl methyl sites for hydroxylation is 4. The van der Waals surface area contributed by atoms with Gasteiger partial charge in [-0.05, 0) is 104 Å². The third-order valence-electron chi connectivity index (χ3n) is 7.62. The zero-order valence-corrected chi connectivity index (χ0v) is 23.6. The first-order chi connectivity index (χ1) is 17.6. The first-order valence-electron chi connectivity index (χ1n) is 14.8. The smallest absolute Gasteiger partial charge is 0.210 e. The maximum absolute atomic E-state index is 11.5. The van der Waals surface area contributed by atoms with Crippen molar-refractivity contribution in [2.45, 2.75) is 118 Å². The number of rotatable bonds is 15. The SMILES string of the molecule is CCCCc1ccc(C2=CC(CC)=C(c3ccc(CCCC)c(CCCC)c3)[N+]2=[N-])cc1CCCC. The molecule has 1 heterocycles. The van der Waals surface area contributed by atoms with E-state index in [1.807, 2.05) is 0 Å². The Kier molecular flexibility index (Phi) is 11.2. The predicted octanol–water partition coefficient (Wildman–Crippen LogP) is 10.3. The quantitative estimate of drug-likeness (QED) is 0.225. The minimum Gasteiger partial charge on any atom is -0.493 e. The van der Waals surface area contributed by atoms with Gasteiger partial charge in [-0.25, -0.2) is 4.70 Å². The van der Waals surface area contributed by atoms with E-state index in [2.05, 4.69) is 77.1 Å². The van der Waals surface area contributed by atoms with Crippen molar-refractivity contribution in [3.63, 3.8) is 0 Å². The van der Waals surface area contributed by atoms with Crippen molar-refractivity contribution in [2.75, 3.05) is 0 Å². The second kappa shape index (κ2) is 14.3. The Morgan fingerprint density at radius 1 is 0.583 bits per heavy atom. The third kappa shape index (κ3) is 6.84. The minimum absolute atomic E-state index is 0.898. The Labute approximate surface area is 221 Å². The van der Waals surface area contributed by atoms with Gasteiger partial charge in [0.15, 0.2) is 0 Å². The maximum atomic E-state index is 11.5. The van der Waals surface area contributed by atoms with Crippen molar-refractivity contribution in [1.29, 1.82) is 0 Å². The van der Waals surface area contributed by atoms with Crippen LogP contribution in [-0.2, 0) is 25.7 Å². The van der Waals surface area contributed by atoms with Gasteiger partial charge in [0.05, 0.1) is 0 Å². The molecule has 0 aromatic heterocycles. The van der Waals surface area contributed by atoms with Crippen molar-refractivity contribution in [1.82, 2.24) is 0 Å². The van der Waals surface area contributed by atoms with Crippen molar-refractivity contribution in [2.24, 2.45) is 0 Å². The summed E-state index contributed by atoms with van der Waals surface area (Å²) in [6.45, 7) is 11.2. The number of unbranched alkanes of at least 4 members (excludes halogenated alkanes) is 4. The molecule has 1 aliphatic rings. The highest BCUT2D eigenvalue weighted by molar-refractivity contribution is 5.78. The number of hydrogen-bond donors (Lipinski definition) is 0. The maximum Gasteiger partial charge on any atom is 0.210 e. The van der Waals surface area contributed by atoms with Crippen molar-refractivity contribution < 1.29 is 4.70 Å². The van der Waals surface area contributed by atoms with Crippen LogP contribution in [0, 0.1) is 0 Å². The van der Waals surface area contributed by atoms with E-state index in [4.69, 9.17) is 0 Å². The Bertz CT molecular complexity index is 1090. The molecule has 36 heavy (non-hydrogen) atoms. The van der Waals surface area contributed by atoms with Crippen molar-refractivity contribution in [3.05, 3.63) is 87.0 Å². The Morgan fingerprint density at radius 2 is 1.03 bits per heavy atom. The highest BCUT2D eigenvalue weighted by atomic mass is 15.2. The van der Waals surface area contributed by atoms with Gasteiger partial charge in [-0.3, -0.25) is 0 Å². The normalized spacial score (nSPS) is 13.6. The molecule has 2 aromatic rings. The molecule has 0 aliphatic carbocycles. The molecule has 0 radical (unpaired) electrons. The van der Waals surface area contributed by atoms with E-state index in [1.165, 1.54) is 83.9 Å². The summed E-state index contributed by atoms with van der Waals surface area (Å²) in [6.07, 6.45) is 17.3. The molecule has 0 bridgehead atoms. The summed E-state index contributed by atoms with van der Waals surface area (Å²) in [5, 5.41) is 0. The Balaban J connectivity index is 1.94. The summed E-state index contributed by atoms with van der Waals surface area (Å²) < 4.78 is 1.47. The second-order valence-corrected chi connectivity index (χ2v) is 10.4. The molecular weight excluding hydrogens is 436 g/mol. The fraction of sp³-hybridized carbons (Fsp3) is 0.529. The zero-order chi connectivity index (χ0) is 25.9. The fourth-order valence-electron chi connectivity index (χ4n) is 5.31. The molecule has 2 heteroatoms. The van der Waals surface area contributed by atoms with Gasteiger partial charge >= 0.3 is 0 Å². The Hall–Kier alpha value is -2.48. The molecule has 0 saturated carbocycles. The first kappa shape index (κ1) is 28.1. The molecule has 1 aliphatic heterocycles. The molecular formula is C34H48N2. The number of nitrogens with zero attached hydrogens (tertiary/aromatic N) is 2. The van der Waals surface area contributed by atoms with Gasteiger partial charge in [-0.1, -0.05) is 72.4 Å². The van der Waals surface area contributed by atoms with E-state index in [0.29, 0.717) is 0 Å². The molecule has 0 N–H and O–H groups in total. The number of allylic oxidation sites excluding steroid dienone is 2. The predicted molar refractivity (Wildman–Crippen MR) is 156 cm³/mol. The molecule has 3 rings (SSSR count). The van der Waals surface area contributed by atoms with Gasteiger partial charge < -0.3 is 5.53 Å². The van der Waals surface area contributed by atoms with Gasteiger partial charge in [-0.15, -0.1) is 0 Å². The van der Waals surface area contributed by atoms with E-state index < -0.39 is 0 Å². The highest BCUT2D eigenvalue weighted by Gasteiger charge is 2.29. The molecule has 0 amide bonds. The van der Waals surface area contributed by atoms with Gasteiger partial charge in [0.1, 0.15) is 0 Å². The summed E-state index contributed by atoms with van der Waals surface area (Å²) in [4.78, 5) is 0. The second-order valence-electron chi connectivity index (χ2n) is 10.4. The molecule has 0 saturated heterocycles. The lowest BCUT2D eigenvalue weighted by Gasteiger charge is -2.15. The molecule has 0 spiro atoms. The van der Waals surface area contributed by atoms with Crippen LogP contribution < -0.4 is 0 Å². The summed E-state index contributed by atoms with van der Waals surface area (Å²) in [5.74, 6) is 0. The molecule has 0 unspecified atom stereocenters. The van der Waals surface area contributed by atoms with Crippen LogP contribution in [0.5, 0.6) is 0 Å². The van der Waals surface area contributed by atoms with Crippen molar-refractivity contribution >= 4 is 11.4 Å². The fourth-order valence-corrected chi connectivity index (χ4v) is 5.31. The summed E-state index contributed by atoms with van der Waals surface area (Å²) in [5.41, 5.74) is 22.7. The third-order valence-corrected chi connectivity index (χ3v) is 7.62. The lowest BCUT2D eigenvalue weighted by atomic mass is 9.94. The van der Waals surface area contributed by atoms with E-state index in [9.17, 15) is 5.53 Å². The van der Waals surface area contributed by atoms with Crippen molar-refractivity contribution in [3.8, 4) is 0 Å². The van der Waals surface area contributed by atoms with E-state index >= 15 is 0 Å². The van der Waals surface area contributed by atoms with Crippen LogP contribution in [0.25, 0.3) is 16.9 Å². The van der Waals surface area contributed by atoms with E-state index in [1.54, 1.807) is 0 Å². The molecule has 0 atom stereocenters. The van der Waals surface area contributed by atoms with E-state index in [0.717, 1.165) is 54.6 Å². The standard InChI is InChI=1S/C34H48N2/c1-6-11-15-27-19-21-31(23-29(27)17-13-8-3)33-25-26(10-5)34(36(33)35)32-22-20-28(16-12-7-2)30(24-32)18-14-9-4/h19-25H,6-18H2,1-5H3. The summed E-state index contributed by atoms with van der Waals surface area (Å²) in [6, 6.07) is 13.8. The van der Waals surface area contributed by atoms with Crippen LogP contribution in [0.2, 0.25) is 0 Å². The molecule has 2 nitrogen and oxygen atoms in total. The first-order valence-corrected chi connectivity index (χ1v) is 14.8. The van der Waals surface area contributed by atoms with Crippen LogP contribution in [0.3, 0.4) is 0 Å². The lowest BCUT2D eigenvalue weighted by molar-refractivity contribution is -0.344. The topological polar surface area (TPSA) is 25.3 Å². The van der Waals surface area contributed by atoms with Gasteiger partial charge in [-0.2, -0.15) is 0 Å². The van der Waals surface area contributed by atoms with Crippen LogP contribution in [0.1, 0.15) is 126 Å². The number of hydrogen-bond acceptors (Lipinski definition) is 0.